The largest absolute Gasteiger partial charge is 0.386 e. The molecule has 7 heteroatoms. The third kappa shape index (κ3) is 6.06. The third-order valence-corrected chi connectivity index (χ3v) is 4.45. The number of aliphatic imine (C=N–C) groups is 1. The highest BCUT2D eigenvalue weighted by Gasteiger charge is 2.14. The van der Waals surface area contributed by atoms with Crippen LogP contribution in [0.2, 0.25) is 0 Å². The number of hydrogen-bond donors (Lipinski definition) is 3. The van der Waals surface area contributed by atoms with Gasteiger partial charge in [-0.15, -0.1) is 0 Å². The summed E-state index contributed by atoms with van der Waals surface area (Å²) in [6.45, 7) is 7.35. The number of aromatic nitrogens is 1. The first-order valence-electron chi connectivity index (χ1n) is 9.49. The summed E-state index contributed by atoms with van der Waals surface area (Å²) < 4.78 is 19.1. The second-order valence-corrected chi connectivity index (χ2v) is 6.34. The first-order chi connectivity index (χ1) is 13.1. The molecule has 2 aromatic rings. The number of aliphatic hydroxyl groups excluding tert-OH is 1. The normalized spacial score (nSPS) is 13.0. The highest BCUT2D eigenvalue weighted by molar-refractivity contribution is 5.79. The predicted molar refractivity (Wildman–Crippen MR) is 104 cm³/mol. The van der Waals surface area contributed by atoms with Gasteiger partial charge in [0.2, 0.25) is 0 Å². The van der Waals surface area contributed by atoms with Crippen molar-refractivity contribution in [1.29, 1.82) is 0 Å². The Bertz CT molecular complexity index is 728. The lowest BCUT2D eigenvalue weighted by Crippen LogP contribution is -2.39. The Hall–Kier alpha value is -2.41. The van der Waals surface area contributed by atoms with E-state index in [1.54, 1.807) is 18.2 Å². The van der Waals surface area contributed by atoms with Crippen LogP contribution in [0.3, 0.4) is 0 Å². The molecular formula is C20H29FN4O2. The number of aliphatic hydroxyl groups is 1. The zero-order chi connectivity index (χ0) is 19.6. The Labute approximate surface area is 159 Å². The fourth-order valence-electron chi connectivity index (χ4n) is 2.85. The molecule has 0 spiro atoms. The first kappa shape index (κ1) is 20.9. The Balaban J connectivity index is 1.97. The van der Waals surface area contributed by atoms with Crippen LogP contribution in [-0.4, -0.2) is 29.3 Å². The Kier molecular flexibility index (Phi) is 8.26. The fourth-order valence-corrected chi connectivity index (χ4v) is 2.85. The smallest absolute Gasteiger partial charge is 0.191 e. The number of benzene rings is 1. The van der Waals surface area contributed by atoms with Crippen LogP contribution in [0, 0.1) is 5.82 Å². The summed E-state index contributed by atoms with van der Waals surface area (Å²) in [7, 11) is 0. The molecule has 0 bridgehead atoms. The Morgan fingerprint density at radius 1 is 1.22 bits per heavy atom. The van der Waals surface area contributed by atoms with Gasteiger partial charge in [-0.25, -0.2) is 9.38 Å². The minimum Gasteiger partial charge on any atom is -0.386 e. The van der Waals surface area contributed by atoms with Crippen molar-refractivity contribution in [2.45, 2.75) is 52.2 Å². The molecule has 0 aliphatic heterocycles. The molecule has 0 fully saturated rings. The summed E-state index contributed by atoms with van der Waals surface area (Å²) >= 11 is 0. The van der Waals surface area contributed by atoms with E-state index in [0.29, 0.717) is 30.7 Å². The van der Waals surface area contributed by atoms with Crippen molar-refractivity contribution in [2.75, 3.05) is 13.1 Å². The molecule has 148 valence electrons. The van der Waals surface area contributed by atoms with Crippen molar-refractivity contribution >= 4 is 5.96 Å². The number of hydrogen-bond acceptors (Lipinski definition) is 4. The van der Waals surface area contributed by atoms with Crippen molar-refractivity contribution in [1.82, 2.24) is 15.8 Å². The van der Waals surface area contributed by atoms with E-state index in [1.807, 2.05) is 13.0 Å². The molecule has 0 saturated heterocycles. The van der Waals surface area contributed by atoms with Gasteiger partial charge in [0.15, 0.2) is 11.7 Å². The number of rotatable bonds is 9. The van der Waals surface area contributed by atoms with Crippen molar-refractivity contribution < 1.29 is 14.0 Å². The van der Waals surface area contributed by atoms with Gasteiger partial charge in [-0.2, -0.15) is 0 Å². The summed E-state index contributed by atoms with van der Waals surface area (Å²) in [6.07, 6.45) is 1.06. The molecular weight excluding hydrogens is 347 g/mol. The van der Waals surface area contributed by atoms with Gasteiger partial charge in [0.05, 0.1) is 11.8 Å². The van der Waals surface area contributed by atoms with Crippen LogP contribution < -0.4 is 10.6 Å². The highest BCUT2D eigenvalue weighted by atomic mass is 19.1. The second-order valence-electron chi connectivity index (χ2n) is 6.34. The molecule has 0 amide bonds. The standard InChI is InChI=1S/C20H29FN4O2/c1-4-14(5-2)18-11-15(27-25-18)12-23-20(22-6-3)24-13-19(26)16-9-7-8-10-17(16)21/h7-11,14,19,26H,4-6,12-13H2,1-3H3,(H2,22,23,24). The summed E-state index contributed by atoms with van der Waals surface area (Å²) in [4.78, 5) is 4.45. The van der Waals surface area contributed by atoms with E-state index >= 15 is 0 Å². The van der Waals surface area contributed by atoms with Gasteiger partial charge in [-0.1, -0.05) is 37.2 Å². The molecule has 3 N–H and O–H groups in total. The number of nitrogens with zero attached hydrogens (tertiary/aromatic N) is 2. The van der Waals surface area contributed by atoms with Crippen LogP contribution in [0.4, 0.5) is 4.39 Å². The Morgan fingerprint density at radius 3 is 2.63 bits per heavy atom. The number of guanidine groups is 1. The highest BCUT2D eigenvalue weighted by Crippen LogP contribution is 2.22. The van der Waals surface area contributed by atoms with E-state index in [4.69, 9.17) is 4.52 Å². The molecule has 0 aliphatic carbocycles. The van der Waals surface area contributed by atoms with E-state index in [-0.39, 0.29) is 12.1 Å². The van der Waals surface area contributed by atoms with Crippen molar-refractivity contribution in [3.05, 3.63) is 53.2 Å². The molecule has 6 nitrogen and oxygen atoms in total. The van der Waals surface area contributed by atoms with Crippen LogP contribution >= 0.6 is 0 Å². The van der Waals surface area contributed by atoms with E-state index in [9.17, 15) is 9.50 Å². The molecule has 1 heterocycles. The molecule has 1 atom stereocenters. The summed E-state index contributed by atoms with van der Waals surface area (Å²) in [5.74, 6) is 1.18. The molecule has 27 heavy (non-hydrogen) atoms. The van der Waals surface area contributed by atoms with Crippen LogP contribution in [0.1, 0.15) is 62.7 Å². The van der Waals surface area contributed by atoms with Crippen molar-refractivity contribution in [3.8, 4) is 0 Å². The first-order valence-corrected chi connectivity index (χ1v) is 9.49. The Morgan fingerprint density at radius 2 is 1.96 bits per heavy atom. The van der Waals surface area contributed by atoms with Crippen molar-refractivity contribution in [2.24, 2.45) is 4.99 Å². The van der Waals surface area contributed by atoms with E-state index in [2.05, 4.69) is 34.6 Å². The van der Waals surface area contributed by atoms with Crippen LogP contribution in [-0.2, 0) is 6.54 Å². The van der Waals surface area contributed by atoms with Gasteiger partial charge in [0, 0.05) is 30.6 Å². The van der Waals surface area contributed by atoms with Crippen LogP contribution in [0.15, 0.2) is 39.8 Å². The van der Waals surface area contributed by atoms with Gasteiger partial charge >= 0.3 is 0 Å². The summed E-state index contributed by atoms with van der Waals surface area (Å²) in [6, 6.07) is 8.14. The summed E-state index contributed by atoms with van der Waals surface area (Å²) in [5.41, 5.74) is 1.21. The van der Waals surface area contributed by atoms with Gasteiger partial charge < -0.3 is 20.3 Å². The quantitative estimate of drug-likeness (QED) is 0.461. The molecule has 0 aliphatic rings. The average molecular weight is 376 g/mol. The van der Waals surface area contributed by atoms with Crippen LogP contribution in [0.25, 0.3) is 0 Å². The lowest BCUT2D eigenvalue weighted by Gasteiger charge is -2.15. The maximum atomic E-state index is 13.8. The lowest BCUT2D eigenvalue weighted by molar-refractivity contribution is 0.176. The minimum atomic E-state index is -0.971. The average Bonchev–Trinajstić information content (AvgIpc) is 3.14. The van der Waals surface area contributed by atoms with Gasteiger partial charge in [0.25, 0.3) is 0 Å². The topological polar surface area (TPSA) is 82.7 Å². The van der Waals surface area contributed by atoms with Gasteiger partial charge in [-0.3, -0.25) is 0 Å². The molecule has 2 rings (SSSR count). The monoisotopic (exact) mass is 376 g/mol. The number of halogens is 1. The predicted octanol–water partition coefficient (Wildman–Crippen LogP) is 3.51. The zero-order valence-electron chi connectivity index (χ0n) is 16.2. The maximum Gasteiger partial charge on any atom is 0.191 e. The lowest BCUT2D eigenvalue weighted by atomic mass is 9.99. The number of nitrogens with one attached hydrogen (secondary N) is 2. The molecule has 1 aromatic carbocycles. The molecule has 0 radical (unpaired) electrons. The molecule has 1 aromatic heterocycles. The van der Waals surface area contributed by atoms with Crippen molar-refractivity contribution in [3.63, 3.8) is 0 Å². The third-order valence-electron chi connectivity index (χ3n) is 4.45. The molecule has 0 saturated carbocycles. The molecule has 1 unspecified atom stereocenters. The zero-order valence-corrected chi connectivity index (χ0v) is 16.2. The summed E-state index contributed by atoms with van der Waals surface area (Å²) in [5, 5.41) is 20.5. The van der Waals surface area contributed by atoms with Gasteiger partial charge in [0.1, 0.15) is 12.4 Å². The SMILES string of the molecule is CCNC(=NCc1cc(C(CC)CC)no1)NCC(O)c1ccccc1F. The van der Waals surface area contributed by atoms with Gasteiger partial charge in [-0.05, 0) is 25.8 Å². The van der Waals surface area contributed by atoms with Crippen LogP contribution in [0.5, 0.6) is 0 Å². The maximum absolute atomic E-state index is 13.8. The fraction of sp³-hybridized carbons (Fsp3) is 0.500. The van der Waals surface area contributed by atoms with E-state index in [1.165, 1.54) is 6.07 Å². The second kappa shape index (κ2) is 10.7. The van der Waals surface area contributed by atoms with E-state index < -0.39 is 11.9 Å². The van der Waals surface area contributed by atoms with E-state index in [0.717, 1.165) is 18.5 Å². The minimum absolute atomic E-state index is 0.141.